The summed E-state index contributed by atoms with van der Waals surface area (Å²) in [5.41, 5.74) is 9.93. The van der Waals surface area contributed by atoms with E-state index in [1.165, 1.54) is 29.5 Å². The Bertz CT molecular complexity index is 529. The number of furan rings is 1. The summed E-state index contributed by atoms with van der Waals surface area (Å²) >= 11 is 0. The van der Waals surface area contributed by atoms with Crippen LogP contribution in [0.5, 0.6) is 0 Å². The van der Waals surface area contributed by atoms with Crippen LogP contribution in [0.25, 0.3) is 0 Å². The van der Waals surface area contributed by atoms with Crippen LogP contribution in [0.1, 0.15) is 41.5 Å². The summed E-state index contributed by atoms with van der Waals surface area (Å²) in [6, 6.07) is 11.2. The van der Waals surface area contributed by atoms with Gasteiger partial charge >= 0.3 is 0 Å². The van der Waals surface area contributed by atoms with E-state index in [0.717, 1.165) is 12.5 Å². The van der Waals surface area contributed by atoms with E-state index < -0.39 is 0 Å². The zero-order valence-electron chi connectivity index (χ0n) is 12.0. The fraction of sp³-hybridized carbons (Fsp3) is 0.412. The van der Waals surface area contributed by atoms with E-state index in [1.54, 1.807) is 12.5 Å². The summed E-state index contributed by atoms with van der Waals surface area (Å²) in [5, 5.41) is 0. The van der Waals surface area contributed by atoms with Crippen molar-refractivity contribution in [2.24, 2.45) is 5.73 Å². The quantitative estimate of drug-likeness (QED) is 0.876. The summed E-state index contributed by atoms with van der Waals surface area (Å²) in [6.07, 6.45) is 6.20. The predicted molar refractivity (Wildman–Crippen MR) is 80.4 cm³/mol. The Labute approximate surface area is 120 Å². The molecule has 0 bridgehead atoms. The molecule has 0 aliphatic heterocycles. The molecule has 2 N–H and O–H groups in total. The summed E-state index contributed by atoms with van der Waals surface area (Å²) in [6.45, 7) is 1.47. The third kappa shape index (κ3) is 2.94. The molecule has 0 saturated heterocycles. The third-order valence-electron chi connectivity index (χ3n) is 4.14. The van der Waals surface area contributed by atoms with E-state index >= 15 is 0 Å². The molecule has 1 aliphatic rings. The average molecular weight is 270 g/mol. The smallest absolute Gasteiger partial charge is 0.0947 e. The Kier molecular flexibility index (Phi) is 3.90. The van der Waals surface area contributed by atoms with Gasteiger partial charge in [0.25, 0.3) is 0 Å². The molecular weight excluding hydrogens is 248 g/mol. The zero-order chi connectivity index (χ0) is 13.9. The Hall–Kier alpha value is -1.58. The lowest BCUT2D eigenvalue weighted by Crippen LogP contribution is -2.30. The van der Waals surface area contributed by atoms with Crippen LogP contribution in [-0.2, 0) is 6.54 Å². The highest BCUT2D eigenvalue weighted by Gasteiger charge is 2.23. The van der Waals surface area contributed by atoms with Gasteiger partial charge in [0.1, 0.15) is 0 Å². The van der Waals surface area contributed by atoms with Gasteiger partial charge in [0.2, 0.25) is 0 Å². The summed E-state index contributed by atoms with van der Waals surface area (Å²) in [5.74, 6) is 0.809. The van der Waals surface area contributed by atoms with Crippen molar-refractivity contribution in [1.82, 2.24) is 4.90 Å². The van der Waals surface area contributed by atoms with Gasteiger partial charge in [0, 0.05) is 24.7 Å². The van der Waals surface area contributed by atoms with Crippen LogP contribution < -0.4 is 5.73 Å². The van der Waals surface area contributed by atoms with Gasteiger partial charge in [0.05, 0.1) is 12.5 Å². The van der Waals surface area contributed by atoms with Crippen molar-refractivity contribution in [3.8, 4) is 0 Å². The average Bonchev–Trinajstić information content (AvgIpc) is 3.19. The molecule has 0 radical (unpaired) electrons. The lowest BCUT2D eigenvalue weighted by Gasteiger charge is -2.27. The number of rotatable bonds is 6. The number of nitrogens with zero attached hydrogens (tertiary/aromatic N) is 1. The van der Waals surface area contributed by atoms with Crippen molar-refractivity contribution in [1.29, 1.82) is 0 Å². The molecule has 20 heavy (non-hydrogen) atoms. The van der Waals surface area contributed by atoms with Crippen LogP contribution in [0.4, 0.5) is 0 Å². The van der Waals surface area contributed by atoms with Gasteiger partial charge in [-0.3, -0.25) is 4.90 Å². The second-order valence-electron chi connectivity index (χ2n) is 5.74. The molecular formula is C17H22N2O. The molecule has 1 aromatic carbocycles. The second kappa shape index (κ2) is 5.81. The molecule has 0 spiro atoms. The van der Waals surface area contributed by atoms with Crippen molar-refractivity contribution < 1.29 is 4.42 Å². The molecule has 3 heteroatoms. The number of hydrogen-bond donors (Lipinski definition) is 1. The molecule has 106 valence electrons. The molecule has 1 saturated carbocycles. The minimum atomic E-state index is 0.248. The highest BCUT2D eigenvalue weighted by atomic mass is 16.3. The van der Waals surface area contributed by atoms with Gasteiger partial charge in [-0.25, -0.2) is 0 Å². The topological polar surface area (TPSA) is 42.4 Å². The monoisotopic (exact) mass is 270 g/mol. The Morgan fingerprint density at radius 1 is 1.25 bits per heavy atom. The Balaban J connectivity index is 1.70. The lowest BCUT2D eigenvalue weighted by molar-refractivity contribution is 0.241. The van der Waals surface area contributed by atoms with Gasteiger partial charge < -0.3 is 10.2 Å². The Morgan fingerprint density at radius 2 is 2.00 bits per heavy atom. The van der Waals surface area contributed by atoms with Gasteiger partial charge in [-0.15, -0.1) is 0 Å². The molecule has 1 fully saturated rings. The van der Waals surface area contributed by atoms with Crippen molar-refractivity contribution >= 4 is 0 Å². The summed E-state index contributed by atoms with van der Waals surface area (Å²) in [4.78, 5) is 2.27. The standard InChI is InChI=1S/C17H22N2O/c1-19(11-13-8-9-20-12-13)17(10-18)16-6-4-15(5-7-16)14-2-3-14/h4-9,12,14,17H,2-3,10-11,18H2,1H3. The van der Waals surface area contributed by atoms with Crippen LogP contribution in [0, 0.1) is 0 Å². The maximum absolute atomic E-state index is 5.98. The van der Waals surface area contributed by atoms with E-state index in [1.807, 2.05) is 6.07 Å². The lowest BCUT2D eigenvalue weighted by atomic mass is 10.0. The second-order valence-corrected chi connectivity index (χ2v) is 5.74. The molecule has 1 aromatic heterocycles. The van der Waals surface area contributed by atoms with Gasteiger partial charge in [-0.2, -0.15) is 0 Å². The van der Waals surface area contributed by atoms with Crippen molar-refractivity contribution in [2.75, 3.05) is 13.6 Å². The van der Waals surface area contributed by atoms with Gasteiger partial charge in [0.15, 0.2) is 0 Å². The first-order valence-corrected chi connectivity index (χ1v) is 7.29. The molecule has 3 nitrogen and oxygen atoms in total. The normalized spacial score (nSPS) is 16.6. The highest BCUT2D eigenvalue weighted by molar-refractivity contribution is 5.30. The fourth-order valence-electron chi connectivity index (χ4n) is 2.76. The molecule has 2 aromatic rings. The van der Waals surface area contributed by atoms with Crippen LogP contribution in [-0.4, -0.2) is 18.5 Å². The van der Waals surface area contributed by atoms with E-state index in [0.29, 0.717) is 6.54 Å². The molecule has 1 atom stereocenters. The van der Waals surface area contributed by atoms with E-state index in [9.17, 15) is 0 Å². The maximum Gasteiger partial charge on any atom is 0.0947 e. The zero-order valence-corrected chi connectivity index (χ0v) is 12.0. The first-order valence-electron chi connectivity index (χ1n) is 7.29. The van der Waals surface area contributed by atoms with Crippen LogP contribution >= 0.6 is 0 Å². The summed E-state index contributed by atoms with van der Waals surface area (Å²) in [7, 11) is 2.11. The first-order chi connectivity index (χ1) is 9.78. The van der Waals surface area contributed by atoms with Gasteiger partial charge in [-0.1, -0.05) is 24.3 Å². The molecule has 1 heterocycles. The number of likely N-dealkylation sites (N-methyl/N-ethyl adjacent to an activating group) is 1. The number of benzene rings is 1. The summed E-state index contributed by atoms with van der Waals surface area (Å²) < 4.78 is 5.13. The highest BCUT2D eigenvalue weighted by Crippen LogP contribution is 2.40. The van der Waals surface area contributed by atoms with Crippen molar-refractivity contribution in [3.05, 3.63) is 59.5 Å². The minimum absolute atomic E-state index is 0.248. The maximum atomic E-state index is 5.98. The molecule has 0 amide bonds. The number of nitrogens with two attached hydrogens (primary N) is 1. The van der Waals surface area contributed by atoms with Crippen molar-refractivity contribution in [2.45, 2.75) is 31.3 Å². The SMILES string of the molecule is CN(Cc1ccoc1)C(CN)c1ccc(C2CC2)cc1. The van der Waals surface area contributed by atoms with E-state index in [4.69, 9.17) is 10.2 Å². The van der Waals surface area contributed by atoms with Crippen LogP contribution in [0.3, 0.4) is 0 Å². The van der Waals surface area contributed by atoms with E-state index in [-0.39, 0.29) is 6.04 Å². The van der Waals surface area contributed by atoms with E-state index in [2.05, 4.69) is 36.2 Å². The molecule has 1 aliphatic carbocycles. The molecule has 1 unspecified atom stereocenters. The Morgan fingerprint density at radius 3 is 2.55 bits per heavy atom. The predicted octanol–water partition coefficient (Wildman–Crippen LogP) is 3.29. The first kappa shape index (κ1) is 13.4. The number of hydrogen-bond acceptors (Lipinski definition) is 3. The van der Waals surface area contributed by atoms with Crippen LogP contribution in [0.15, 0.2) is 47.3 Å². The fourth-order valence-corrected chi connectivity index (χ4v) is 2.76. The third-order valence-corrected chi connectivity index (χ3v) is 4.14. The van der Waals surface area contributed by atoms with Crippen molar-refractivity contribution in [3.63, 3.8) is 0 Å². The largest absolute Gasteiger partial charge is 0.472 e. The molecule has 3 rings (SSSR count). The van der Waals surface area contributed by atoms with Gasteiger partial charge in [-0.05, 0) is 43.0 Å². The van der Waals surface area contributed by atoms with Crippen LogP contribution in [0.2, 0.25) is 0 Å². The minimum Gasteiger partial charge on any atom is -0.472 e.